The standard InChI is InChI=1S/C18H18N2O6/c1-25-5-2-6-26-17-7-11-3-4-20-10-13(18(23)19-24)15(21)9-14(20)12(11)8-16(17)22/h7-10,22H,2-6H2,1H3. The van der Waals surface area contributed by atoms with Gasteiger partial charge in [0.05, 0.1) is 12.3 Å². The molecule has 0 saturated carbocycles. The summed E-state index contributed by atoms with van der Waals surface area (Å²) in [5.74, 6) is -0.733. The van der Waals surface area contributed by atoms with Gasteiger partial charge in [-0.25, -0.2) is 0 Å². The van der Waals surface area contributed by atoms with Crippen LogP contribution in [0.3, 0.4) is 0 Å². The molecule has 136 valence electrons. The van der Waals surface area contributed by atoms with Gasteiger partial charge in [-0.1, -0.05) is 0 Å². The van der Waals surface area contributed by atoms with Crippen LogP contribution in [-0.2, 0) is 17.7 Å². The normalized spacial score (nSPS) is 12.2. The number of carbonyl (C=O) groups is 1. The van der Waals surface area contributed by atoms with Crippen LogP contribution in [0.1, 0.15) is 22.3 Å². The number of aryl methyl sites for hydroxylation is 2. The number of pyridine rings is 1. The van der Waals surface area contributed by atoms with Gasteiger partial charge in [-0.05, 0) is 24.1 Å². The average Bonchev–Trinajstić information content (AvgIpc) is 2.64. The smallest absolute Gasteiger partial charge is 0.322 e. The topological polar surface area (TPSA) is 107 Å². The van der Waals surface area contributed by atoms with Crippen molar-refractivity contribution in [3.63, 3.8) is 0 Å². The van der Waals surface area contributed by atoms with E-state index in [1.54, 1.807) is 23.8 Å². The molecule has 0 fully saturated rings. The van der Waals surface area contributed by atoms with Crippen LogP contribution >= 0.6 is 0 Å². The van der Waals surface area contributed by atoms with E-state index in [1.807, 2.05) is 0 Å². The highest BCUT2D eigenvalue weighted by molar-refractivity contribution is 5.94. The van der Waals surface area contributed by atoms with Crippen molar-refractivity contribution in [3.8, 4) is 22.8 Å². The van der Waals surface area contributed by atoms with Crippen LogP contribution < -0.4 is 10.2 Å². The molecule has 8 nitrogen and oxygen atoms in total. The zero-order valence-electron chi connectivity index (χ0n) is 14.2. The second kappa shape index (κ2) is 7.49. The number of phenols is 1. The highest BCUT2D eigenvalue weighted by Crippen LogP contribution is 2.37. The first-order chi connectivity index (χ1) is 12.5. The van der Waals surface area contributed by atoms with Crippen LogP contribution in [0.15, 0.2) is 34.4 Å². The van der Waals surface area contributed by atoms with Crippen molar-refractivity contribution in [1.82, 2.24) is 4.57 Å². The maximum absolute atomic E-state index is 12.1. The molecular formula is C18H18N2O6. The number of benzene rings is 1. The van der Waals surface area contributed by atoms with Gasteiger partial charge in [0.15, 0.2) is 16.9 Å². The van der Waals surface area contributed by atoms with Crippen molar-refractivity contribution in [1.29, 1.82) is 0 Å². The number of carbonyl (C=O) groups excluding carboxylic acids is 1. The van der Waals surface area contributed by atoms with E-state index < -0.39 is 11.3 Å². The second-order valence-electron chi connectivity index (χ2n) is 5.95. The fourth-order valence-electron chi connectivity index (χ4n) is 3.00. The lowest BCUT2D eigenvalue weighted by atomic mass is 9.96. The number of phenolic OH excluding ortho intramolecular Hbond substituents is 1. The minimum absolute atomic E-state index is 0.0308. The van der Waals surface area contributed by atoms with Crippen LogP contribution in [0.2, 0.25) is 0 Å². The molecule has 0 aliphatic carbocycles. The van der Waals surface area contributed by atoms with Gasteiger partial charge in [0, 0.05) is 49.7 Å². The Morgan fingerprint density at radius 1 is 1.31 bits per heavy atom. The molecule has 3 rings (SSSR count). The number of fused-ring (bicyclic) bond motifs is 3. The Labute approximate surface area is 149 Å². The van der Waals surface area contributed by atoms with E-state index in [0.29, 0.717) is 49.6 Å². The van der Waals surface area contributed by atoms with Crippen LogP contribution in [-0.4, -0.2) is 35.9 Å². The summed E-state index contributed by atoms with van der Waals surface area (Å²) >= 11 is 0. The first kappa shape index (κ1) is 17.8. The van der Waals surface area contributed by atoms with Crippen molar-refractivity contribution < 1.29 is 19.4 Å². The largest absolute Gasteiger partial charge is 0.504 e. The van der Waals surface area contributed by atoms with E-state index >= 15 is 0 Å². The van der Waals surface area contributed by atoms with E-state index in [-0.39, 0.29) is 11.3 Å². The lowest BCUT2D eigenvalue weighted by Gasteiger charge is -2.23. The molecule has 1 aromatic heterocycles. The molecule has 1 N–H and O–H groups in total. The van der Waals surface area contributed by atoms with Gasteiger partial charge in [-0.2, -0.15) is 0 Å². The molecule has 1 amide bonds. The zero-order valence-corrected chi connectivity index (χ0v) is 14.2. The van der Waals surface area contributed by atoms with E-state index in [0.717, 1.165) is 5.56 Å². The average molecular weight is 358 g/mol. The quantitative estimate of drug-likeness (QED) is 0.626. The Bertz CT molecular complexity index is 919. The summed E-state index contributed by atoms with van der Waals surface area (Å²) in [5.41, 5.74) is 1.35. The molecule has 26 heavy (non-hydrogen) atoms. The molecule has 2 heterocycles. The molecule has 0 unspecified atom stereocenters. The summed E-state index contributed by atoms with van der Waals surface area (Å²) < 4.78 is 12.3. The number of nitroso groups, excluding NO2 is 1. The van der Waals surface area contributed by atoms with Gasteiger partial charge < -0.3 is 19.1 Å². The molecule has 8 heteroatoms. The molecule has 1 aliphatic rings. The summed E-state index contributed by atoms with van der Waals surface area (Å²) in [7, 11) is 1.61. The number of ether oxygens (including phenoxy) is 2. The molecule has 0 radical (unpaired) electrons. The van der Waals surface area contributed by atoms with E-state index in [2.05, 4.69) is 5.18 Å². The Kier molecular flexibility index (Phi) is 5.13. The lowest BCUT2D eigenvalue weighted by molar-refractivity contribution is 0.0999. The number of methoxy groups -OCH3 is 1. The molecule has 0 bridgehead atoms. The Balaban J connectivity index is 1.95. The Morgan fingerprint density at radius 2 is 2.12 bits per heavy atom. The van der Waals surface area contributed by atoms with E-state index in [4.69, 9.17) is 9.47 Å². The molecule has 1 aromatic carbocycles. The molecule has 2 aromatic rings. The first-order valence-corrected chi connectivity index (χ1v) is 8.15. The number of hydrogen-bond donors (Lipinski definition) is 1. The van der Waals surface area contributed by atoms with Crippen LogP contribution in [0.25, 0.3) is 11.3 Å². The van der Waals surface area contributed by atoms with E-state index in [9.17, 15) is 19.6 Å². The van der Waals surface area contributed by atoms with Crippen molar-refractivity contribution in [3.05, 3.63) is 50.7 Å². The number of rotatable bonds is 6. The van der Waals surface area contributed by atoms with Gasteiger partial charge >= 0.3 is 5.91 Å². The molecule has 0 saturated heterocycles. The SMILES string of the molecule is COCCCOc1cc2c(cc1O)-c1cc(=O)c(C(=O)N=O)cn1CC2. The summed E-state index contributed by atoms with van der Waals surface area (Å²) in [6, 6.07) is 4.59. The minimum Gasteiger partial charge on any atom is -0.504 e. The summed E-state index contributed by atoms with van der Waals surface area (Å²) in [6.45, 7) is 1.51. The molecule has 1 aliphatic heterocycles. The summed E-state index contributed by atoms with van der Waals surface area (Å²) in [5, 5.41) is 12.6. The van der Waals surface area contributed by atoms with Gasteiger partial charge in [-0.15, -0.1) is 4.91 Å². The fraction of sp³-hybridized carbons (Fsp3) is 0.333. The van der Waals surface area contributed by atoms with Crippen molar-refractivity contribution >= 4 is 5.91 Å². The predicted molar refractivity (Wildman–Crippen MR) is 93.6 cm³/mol. The molecule has 0 spiro atoms. The monoisotopic (exact) mass is 358 g/mol. The van der Waals surface area contributed by atoms with Crippen molar-refractivity contribution in [2.75, 3.05) is 20.3 Å². The van der Waals surface area contributed by atoms with Gasteiger partial charge in [0.2, 0.25) is 0 Å². The third-order valence-corrected chi connectivity index (χ3v) is 4.27. The third kappa shape index (κ3) is 3.36. The van der Waals surface area contributed by atoms with E-state index in [1.165, 1.54) is 12.3 Å². The first-order valence-electron chi connectivity index (χ1n) is 8.15. The van der Waals surface area contributed by atoms with Crippen molar-refractivity contribution in [2.24, 2.45) is 5.18 Å². The third-order valence-electron chi connectivity index (χ3n) is 4.27. The zero-order chi connectivity index (χ0) is 18.7. The molecule has 0 atom stereocenters. The Hall–Kier alpha value is -3.00. The van der Waals surface area contributed by atoms with Crippen LogP contribution in [0, 0.1) is 4.91 Å². The number of nitrogens with zero attached hydrogens (tertiary/aromatic N) is 2. The highest BCUT2D eigenvalue weighted by atomic mass is 16.5. The number of amides is 1. The summed E-state index contributed by atoms with van der Waals surface area (Å²) in [4.78, 5) is 34.0. The fourth-order valence-corrected chi connectivity index (χ4v) is 3.00. The minimum atomic E-state index is -1.08. The maximum atomic E-state index is 12.1. The van der Waals surface area contributed by atoms with Gasteiger partial charge in [0.25, 0.3) is 0 Å². The number of hydrogen-bond acceptors (Lipinski definition) is 6. The second-order valence-corrected chi connectivity index (χ2v) is 5.95. The number of aromatic nitrogens is 1. The van der Waals surface area contributed by atoms with Gasteiger partial charge in [0.1, 0.15) is 5.56 Å². The lowest BCUT2D eigenvalue weighted by Crippen LogP contribution is -2.21. The van der Waals surface area contributed by atoms with Crippen LogP contribution in [0.5, 0.6) is 11.5 Å². The summed E-state index contributed by atoms with van der Waals surface area (Å²) in [6.07, 6.45) is 2.67. The van der Waals surface area contributed by atoms with Gasteiger partial charge in [-0.3, -0.25) is 9.59 Å². The predicted octanol–water partition coefficient (Wildman–Crippen LogP) is 2.10. The van der Waals surface area contributed by atoms with Crippen LogP contribution in [0.4, 0.5) is 0 Å². The number of aromatic hydroxyl groups is 1. The Morgan fingerprint density at radius 3 is 2.85 bits per heavy atom. The highest BCUT2D eigenvalue weighted by Gasteiger charge is 2.22. The maximum Gasteiger partial charge on any atom is 0.322 e. The molecular weight excluding hydrogens is 340 g/mol. The van der Waals surface area contributed by atoms with Crippen molar-refractivity contribution in [2.45, 2.75) is 19.4 Å².